The zero-order valence-electron chi connectivity index (χ0n) is 9.61. The summed E-state index contributed by atoms with van der Waals surface area (Å²) in [4.78, 5) is 0. The monoisotopic (exact) mass is 291 g/mol. The van der Waals surface area contributed by atoms with E-state index in [2.05, 4.69) is 15.9 Å². The lowest BCUT2D eigenvalue weighted by Gasteiger charge is -2.08. The van der Waals surface area contributed by atoms with Crippen molar-refractivity contribution in [1.29, 1.82) is 0 Å². The summed E-state index contributed by atoms with van der Waals surface area (Å²) in [5.74, 6) is 0.808. The van der Waals surface area contributed by atoms with Crippen molar-refractivity contribution in [3.8, 4) is 5.75 Å². The van der Waals surface area contributed by atoms with Gasteiger partial charge in [-0.15, -0.1) is 0 Å². The number of hydrogen-bond acceptors (Lipinski definition) is 2. The summed E-state index contributed by atoms with van der Waals surface area (Å²) < 4.78 is 6.77. The molecule has 0 fully saturated rings. The highest BCUT2D eigenvalue weighted by atomic mass is 79.9. The predicted octanol–water partition coefficient (Wildman–Crippen LogP) is 3.92. The maximum atomic E-state index is 5.77. The number of nitrogens with two attached hydrogens (primary N) is 1. The van der Waals surface area contributed by atoms with Crippen LogP contribution >= 0.6 is 15.9 Å². The second kappa shape index (κ2) is 5.23. The maximum absolute atomic E-state index is 5.77. The number of halogens is 1. The average molecular weight is 292 g/mol. The van der Waals surface area contributed by atoms with E-state index in [9.17, 15) is 0 Å². The van der Waals surface area contributed by atoms with Crippen LogP contribution in [0.15, 0.2) is 46.9 Å². The molecule has 0 spiro atoms. The van der Waals surface area contributed by atoms with Crippen LogP contribution in [0.5, 0.6) is 5.75 Å². The summed E-state index contributed by atoms with van der Waals surface area (Å²) in [7, 11) is 0. The molecule has 88 valence electrons. The van der Waals surface area contributed by atoms with Crippen molar-refractivity contribution in [3.05, 3.63) is 58.1 Å². The Labute approximate surface area is 110 Å². The highest BCUT2D eigenvalue weighted by molar-refractivity contribution is 9.10. The molecule has 0 saturated carbocycles. The number of aryl methyl sites for hydroxylation is 1. The highest BCUT2D eigenvalue weighted by Crippen LogP contribution is 2.20. The van der Waals surface area contributed by atoms with Crippen LogP contribution in [0.25, 0.3) is 0 Å². The van der Waals surface area contributed by atoms with Crippen LogP contribution in [0.3, 0.4) is 0 Å². The van der Waals surface area contributed by atoms with Crippen LogP contribution in [0.2, 0.25) is 0 Å². The normalized spacial score (nSPS) is 10.2. The zero-order valence-corrected chi connectivity index (χ0v) is 11.2. The van der Waals surface area contributed by atoms with E-state index in [0.717, 1.165) is 27.0 Å². The molecule has 0 radical (unpaired) electrons. The topological polar surface area (TPSA) is 35.2 Å². The van der Waals surface area contributed by atoms with Crippen LogP contribution in [0.4, 0.5) is 5.69 Å². The number of anilines is 1. The van der Waals surface area contributed by atoms with Gasteiger partial charge in [-0.2, -0.15) is 0 Å². The minimum Gasteiger partial charge on any atom is -0.489 e. The molecule has 0 aromatic heterocycles. The van der Waals surface area contributed by atoms with E-state index < -0.39 is 0 Å². The summed E-state index contributed by atoms with van der Waals surface area (Å²) in [5.41, 5.74) is 8.73. The lowest BCUT2D eigenvalue weighted by Crippen LogP contribution is -1.96. The van der Waals surface area contributed by atoms with Crippen molar-refractivity contribution in [3.63, 3.8) is 0 Å². The Morgan fingerprint density at radius 2 is 2.00 bits per heavy atom. The van der Waals surface area contributed by atoms with Gasteiger partial charge in [-0.3, -0.25) is 0 Å². The van der Waals surface area contributed by atoms with Gasteiger partial charge in [-0.25, -0.2) is 0 Å². The number of nitrogen functional groups attached to an aromatic ring is 1. The van der Waals surface area contributed by atoms with E-state index in [1.807, 2.05) is 49.4 Å². The molecular formula is C14H14BrNO. The van der Waals surface area contributed by atoms with Crippen molar-refractivity contribution >= 4 is 21.6 Å². The molecule has 2 aromatic carbocycles. The van der Waals surface area contributed by atoms with Gasteiger partial charge in [-0.05, 0) is 42.3 Å². The molecule has 3 heteroatoms. The molecular weight excluding hydrogens is 278 g/mol. The molecule has 2 N–H and O–H groups in total. The van der Waals surface area contributed by atoms with Gasteiger partial charge in [0, 0.05) is 16.2 Å². The van der Waals surface area contributed by atoms with Gasteiger partial charge in [0.2, 0.25) is 0 Å². The number of hydrogen-bond donors (Lipinski definition) is 1. The largest absolute Gasteiger partial charge is 0.489 e. The van der Waals surface area contributed by atoms with E-state index in [0.29, 0.717) is 6.61 Å². The summed E-state index contributed by atoms with van der Waals surface area (Å²) in [6.07, 6.45) is 0. The van der Waals surface area contributed by atoms with Crippen molar-refractivity contribution in [2.45, 2.75) is 13.5 Å². The summed E-state index contributed by atoms with van der Waals surface area (Å²) in [6, 6.07) is 13.8. The van der Waals surface area contributed by atoms with Crippen molar-refractivity contribution in [1.82, 2.24) is 0 Å². The SMILES string of the molecule is Cc1cc(N)cc(OCc2cccc(Br)c2)c1. The van der Waals surface area contributed by atoms with Gasteiger partial charge in [0.25, 0.3) is 0 Å². The Morgan fingerprint density at radius 3 is 2.71 bits per heavy atom. The Bertz CT molecular complexity index is 505. The van der Waals surface area contributed by atoms with Crippen LogP contribution in [0, 0.1) is 6.92 Å². The minimum atomic E-state index is 0.544. The third-order valence-electron chi connectivity index (χ3n) is 2.37. The van der Waals surface area contributed by atoms with E-state index in [-0.39, 0.29) is 0 Å². The molecule has 2 aromatic rings. The molecule has 0 amide bonds. The Balaban J connectivity index is 2.07. The molecule has 0 aliphatic heterocycles. The van der Waals surface area contributed by atoms with E-state index >= 15 is 0 Å². The number of benzene rings is 2. The Hall–Kier alpha value is -1.48. The summed E-state index contributed by atoms with van der Waals surface area (Å²) in [5, 5.41) is 0. The average Bonchev–Trinajstić information content (AvgIpc) is 2.25. The fourth-order valence-corrected chi connectivity index (χ4v) is 2.10. The van der Waals surface area contributed by atoms with Crippen molar-refractivity contribution < 1.29 is 4.74 Å². The smallest absolute Gasteiger partial charge is 0.122 e. The molecule has 0 bridgehead atoms. The fourth-order valence-electron chi connectivity index (χ4n) is 1.65. The van der Waals surface area contributed by atoms with Gasteiger partial charge in [-0.1, -0.05) is 28.1 Å². The van der Waals surface area contributed by atoms with Crippen LogP contribution in [-0.4, -0.2) is 0 Å². The first-order valence-corrected chi connectivity index (χ1v) is 6.17. The molecule has 0 heterocycles. The van der Waals surface area contributed by atoms with Crippen molar-refractivity contribution in [2.75, 3.05) is 5.73 Å². The molecule has 0 aliphatic rings. The molecule has 0 aliphatic carbocycles. The van der Waals surface area contributed by atoms with Gasteiger partial charge in [0.15, 0.2) is 0 Å². The lowest BCUT2D eigenvalue weighted by molar-refractivity contribution is 0.306. The fraction of sp³-hybridized carbons (Fsp3) is 0.143. The van der Waals surface area contributed by atoms with Crippen LogP contribution in [0.1, 0.15) is 11.1 Å². The standard InChI is InChI=1S/C14H14BrNO/c1-10-5-13(16)8-14(6-10)17-9-11-3-2-4-12(15)7-11/h2-8H,9,16H2,1H3. The molecule has 17 heavy (non-hydrogen) atoms. The molecule has 0 saturated heterocycles. The second-order valence-electron chi connectivity index (χ2n) is 4.00. The molecule has 0 unspecified atom stereocenters. The third kappa shape index (κ3) is 3.49. The number of rotatable bonds is 3. The quantitative estimate of drug-likeness (QED) is 0.870. The second-order valence-corrected chi connectivity index (χ2v) is 4.91. The molecule has 0 atom stereocenters. The Kier molecular flexibility index (Phi) is 3.69. The highest BCUT2D eigenvalue weighted by Gasteiger charge is 1.99. The Morgan fingerprint density at radius 1 is 1.18 bits per heavy atom. The maximum Gasteiger partial charge on any atom is 0.122 e. The minimum absolute atomic E-state index is 0.544. The van der Waals surface area contributed by atoms with E-state index in [1.54, 1.807) is 0 Å². The zero-order chi connectivity index (χ0) is 12.3. The van der Waals surface area contributed by atoms with E-state index in [1.165, 1.54) is 0 Å². The predicted molar refractivity (Wildman–Crippen MR) is 74.1 cm³/mol. The summed E-state index contributed by atoms with van der Waals surface area (Å²) in [6.45, 7) is 2.55. The van der Waals surface area contributed by atoms with Gasteiger partial charge in [0.05, 0.1) is 0 Å². The van der Waals surface area contributed by atoms with Crippen LogP contribution in [-0.2, 0) is 6.61 Å². The molecule has 2 nitrogen and oxygen atoms in total. The first-order valence-electron chi connectivity index (χ1n) is 5.38. The first-order chi connectivity index (χ1) is 8.13. The molecule has 2 rings (SSSR count). The van der Waals surface area contributed by atoms with Crippen molar-refractivity contribution in [2.24, 2.45) is 0 Å². The number of ether oxygens (including phenoxy) is 1. The van der Waals surface area contributed by atoms with Gasteiger partial charge < -0.3 is 10.5 Å². The first kappa shape index (κ1) is 12.0. The summed E-state index contributed by atoms with van der Waals surface area (Å²) >= 11 is 3.44. The lowest BCUT2D eigenvalue weighted by atomic mass is 10.2. The van der Waals surface area contributed by atoms with Crippen LogP contribution < -0.4 is 10.5 Å². The third-order valence-corrected chi connectivity index (χ3v) is 2.86. The van der Waals surface area contributed by atoms with Gasteiger partial charge >= 0.3 is 0 Å². The van der Waals surface area contributed by atoms with Gasteiger partial charge in [0.1, 0.15) is 12.4 Å². The van der Waals surface area contributed by atoms with E-state index in [4.69, 9.17) is 10.5 Å².